The van der Waals surface area contributed by atoms with Crippen LogP contribution in [0.1, 0.15) is 10.4 Å². The van der Waals surface area contributed by atoms with Gasteiger partial charge in [0.1, 0.15) is 5.82 Å². The molecule has 0 saturated carbocycles. The summed E-state index contributed by atoms with van der Waals surface area (Å²) in [6.07, 6.45) is 0.879. The highest BCUT2D eigenvalue weighted by atomic mass is 79.9. The Morgan fingerprint density at radius 1 is 1.22 bits per heavy atom. The number of anilines is 2. The van der Waals surface area contributed by atoms with Gasteiger partial charge < -0.3 is 10.3 Å². The lowest BCUT2D eigenvalue weighted by Crippen LogP contribution is -1.91. The lowest BCUT2D eigenvalue weighted by molar-refractivity contribution is 0.112. The highest BCUT2D eigenvalue weighted by Crippen LogP contribution is 2.32. The molecular formula is C13H9BrN2OS. The van der Waals surface area contributed by atoms with E-state index in [9.17, 15) is 4.79 Å². The number of aromatic amines is 1. The second-order valence-electron chi connectivity index (χ2n) is 3.81. The van der Waals surface area contributed by atoms with Crippen molar-refractivity contribution in [2.45, 2.75) is 0 Å². The van der Waals surface area contributed by atoms with Gasteiger partial charge in [0, 0.05) is 10.9 Å². The molecule has 18 heavy (non-hydrogen) atoms. The zero-order valence-electron chi connectivity index (χ0n) is 9.24. The van der Waals surface area contributed by atoms with Crippen LogP contribution in [0.3, 0.4) is 0 Å². The van der Waals surface area contributed by atoms with E-state index in [-0.39, 0.29) is 0 Å². The molecule has 0 aliphatic rings. The number of carbonyl (C=O) groups is 1. The highest BCUT2D eigenvalue weighted by Gasteiger charge is 2.10. The van der Waals surface area contributed by atoms with Gasteiger partial charge in [0.15, 0.2) is 6.29 Å². The van der Waals surface area contributed by atoms with Gasteiger partial charge in [-0.1, -0.05) is 18.2 Å². The van der Waals surface area contributed by atoms with Crippen molar-refractivity contribution in [2.75, 3.05) is 5.32 Å². The third kappa shape index (κ3) is 1.95. The molecular weight excluding hydrogens is 312 g/mol. The summed E-state index contributed by atoms with van der Waals surface area (Å²) >= 11 is 5.00. The molecule has 90 valence electrons. The van der Waals surface area contributed by atoms with Crippen molar-refractivity contribution in [3.05, 3.63) is 45.7 Å². The Kier molecular flexibility index (Phi) is 2.93. The molecule has 2 aromatic heterocycles. The zero-order valence-corrected chi connectivity index (χ0v) is 11.6. The number of benzene rings is 1. The third-order valence-electron chi connectivity index (χ3n) is 2.69. The lowest BCUT2D eigenvalue weighted by Gasteiger charge is -2.00. The predicted octanol–water partition coefficient (Wildman–Crippen LogP) is 4.55. The summed E-state index contributed by atoms with van der Waals surface area (Å²) in [5.41, 5.74) is 1.62. The van der Waals surface area contributed by atoms with E-state index in [4.69, 9.17) is 0 Å². The normalized spacial score (nSPS) is 10.7. The number of nitrogens with one attached hydrogen (secondary N) is 2. The number of rotatable bonds is 3. The SMILES string of the molecule is O=Cc1c(Nc2ccc(Br)s2)[nH]c2ccccc12. The average molecular weight is 321 g/mol. The largest absolute Gasteiger partial charge is 0.341 e. The molecule has 0 bridgehead atoms. The monoisotopic (exact) mass is 320 g/mol. The van der Waals surface area contributed by atoms with E-state index >= 15 is 0 Å². The highest BCUT2D eigenvalue weighted by molar-refractivity contribution is 9.11. The van der Waals surface area contributed by atoms with Crippen LogP contribution in [0.4, 0.5) is 10.8 Å². The van der Waals surface area contributed by atoms with Crippen LogP contribution in [0, 0.1) is 0 Å². The van der Waals surface area contributed by atoms with Crippen LogP contribution in [-0.2, 0) is 0 Å². The smallest absolute Gasteiger partial charge is 0.154 e. The summed E-state index contributed by atoms with van der Waals surface area (Å²) in [5.74, 6) is 0.737. The number of hydrogen-bond acceptors (Lipinski definition) is 3. The van der Waals surface area contributed by atoms with Crippen LogP contribution >= 0.6 is 27.3 Å². The van der Waals surface area contributed by atoms with Crippen LogP contribution in [0.15, 0.2) is 40.2 Å². The first kappa shape index (κ1) is 11.5. The Bertz CT molecular complexity index is 717. The molecule has 0 aliphatic heterocycles. The van der Waals surface area contributed by atoms with Crippen LogP contribution in [-0.4, -0.2) is 11.3 Å². The third-order valence-corrected chi connectivity index (χ3v) is 4.22. The number of H-pyrrole nitrogens is 1. The minimum atomic E-state index is 0.662. The van der Waals surface area contributed by atoms with Gasteiger partial charge in [0.2, 0.25) is 0 Å². The summed E-state index contributed by atoms with van der Waals surface area (Å²) in [6, 6.07) is 11.7. The van der Waals surface area contributed by atoms with E-state index in [1.54, 1.807) is 11.3 Å². The summed E-state index contributed by atoms with van der Waals surface area (Å²) in [4.78, 5) is 14.5. The molecule has 0 spiro atoms. The van der Waals surface area contributed by atoms with E-state index in [1.165, 1.54) is 0 Å². The summed E-state index contributed by atoms with van der Waals surface area (Å²) < 4.78 is 1.05. The lowest BCUT2D eigenvalue weighted by atomic mass is 10.2. The van der Waals surface area contributed by atoms with Crippen molar-refractivity contribution in [3.63, 3.8) is 0 Å². The first-order valence-electron chi connectivity index (χ1n) is 5.36. The zero-order chi connectivity index (χ0) is 12.5. The Hall–Kier alpha value is -1.59. The average Bonchev–Trinajstić information content (AvgIpc) is 2.92. The fourth-order valence-corrected chi connectivity index (χ4v) is 3.18. The Balaban J connectivity index is 2.08. The van der Waals surface area contributed by atoms with E-state index in [0.717, 1.165) is 31.8 Å². The number of para-hydroxylation sites is 1. The number of hydrogen-bond donors (Lipinski definition) is 2. The molecule has 5 heteroatoms. The molecule has 3 rings (SSSR count). The van der Waals surface area contributed by atoms with E-state index in [0.29, 0.717) is 5.56 Å². The second kappa shape index (κ2) is 4.59. The molecule has 0 amide bonds. The fraction of sp³-hybridized carbons (Fsp3) is 0. The molecule has 0 saturated heterocycles. The van der Waals surface area contributed by atoms with Gasteiger partial charge >= 0.3 is 0 Å². The van der Waals surface area contributed by atoms with Gasteiger partial charge in [-0.05, 0) is 34.1 Å². The van der Waals surface area contributed by atoms with Gasteiger partial charge in [-0.15, -0.1) is 11.3 Å². The van der Waals surface area contributed by atoms with Crippen molar-refractivity contribution in [3.8, 4) is 0 Å². The van der Waals surface area contributed by atoms with Crippen LogP contribution in [0.2, 0.25) is 0 Å². The van der Waals surface area contributed by atoms with Gasteiger partial charge in [-0.25, -0.2) is 0 Å². The number of aldehydes is 1. The van der Waals surface area contributed by atoms with Crippen molar-refractivity contribution >= 4 is 55.3 Å². The standard InChI is InChI=1S/C13H9BrN2OS/c14-11-5-6-12(18-11)16-13-9(7-17)8-3-1-2-4-10(8)15-13/h1-7,15-16H. The molecule has 0 fully saturated rings. The Morgan fingerprint density at radius 2 is 2.06 bits per heavy atom. The summed E-state index contributed by atoms with van der Waals surface area (Å²) in [5, 5.41) is 5.15. The molecule has 2 heterocycles. The van der Waals surface area contributed by atoms with Crippen molar-refractivity contribution in [2.24, 2.45) is 0 Å². The maximum Gasteiger partial charge on any atom is 0.154 e. The number of thiophene rings is 1. The van der Waals surface area contributed by atoms with Crippen LogP contribution in [0.5, 0.6) is 0 Å². The fourth-order valence-electron chi connectivity index (χ4n) is 1.89. The maximum absolute atomic E-state index is 11.2. The topological polar surface area (TPSA) is 44.9 Å². The van der Waals surface area contributed by atoms with Crippen molar-refractivity contribution < 1.29 is 4.79 Å². The molecule has 3 aromatic rings. The molecule has 0 atom stereocenters. The summed E-state index contributed by atoms with van der Waals surface area (Å²) in [7, 11) is 0. The quantitative estimate of drug-likeness (QED) is 0.695. The number of aromatic nitrogens is 1. The molecule has 2 N–H and O–H groups in total. The second-order valence-corrected chi connectivity index (χ2v) is 6.27. The van der Waals surface area contributed by atoms with E-state index in [2.05, 4.69) is 26.2 Å². The van der Waals surface area contributed by atoms with Gasteiger partial charge in [0.05, 0.1) is 14.4 Å². The van der Waals surface area contributed by atoms with E-state index in [1.807, 2.05) is 36.4 Å². The molecule has 0 aliphatic carbocycles. The van der Waals surface area contributed by atoms with Gasteiger partial charge in [0.25, 0.3) is 0 Å². The molecule has 3 nitrogen and oxygen atoms in total. The predicted molar refractivity (Wildman–Crippen MR) is 79.0 cm³/mol. The summed E-state index contributed by atoms with van der Waals surface area (Å²) in [6.45, 7) is 0. The van der Waals surface area contributed by atoms with Crippen LogP contribution in [0.25, 0.3) is 10.9 Å². The molecule has 0 unspecified atom stereocenters. The van der Waals surface area contributed by atoms with Crippen molar-refractivity contribution in [1.82, 2.24) is 4.98 Å². The van der Waals surface area contributed by atoms with Gasteiger partial charge in [-0.2, -0.15) is 0 Å². The Labute approximate surface area is 116 Å². The number of halogens is 1. The minimum Gasteiger partial charge on any atom is -0.341 e. The first-order valence-corrected chi connectivity index (χ1v) is 6.97. The van der Waals surface area contributed by atoms with E-state index < -0.39 is 0 Å². The minimum absolute atomic E-state index is 0.662. The Morgan fingerprint density at radius 3 is 2.78 bits per heavy atom. The van der Waals surface area contributed by atoms with Crippen LogP contribution < -0.4 is 5.32 Å². The number of carbonyl (C=O) groups excluding carboxylic acids is 1. The van der Waals surface area contributed by atoms with Crippen molar-refractivity contribution in [1.29, 1.82) is 0 Å². The first-order chi connectivity index (χ1) is 8.78. The number of fused-ring (bicyclic) bond motifs is 1. The molecule has 0 radical (unpaired) electrons. The maximum atomic E-state index is 11.2. The molecule has 1 aromatic carbocycles. The van der Waals surface area contributed by atoms with Gasteiger partial charge in [-0.3, -0.25) is 4.79 Å².